The number of methoxy groups -OCH3 is 1. The van der Waals surface area contributed by atoms with Crippen molar-refractivity contribution in [3.8, 4) is 5.69 Å². The second-order valence-corrected chi connectivity index (χ2v) is 10.3. The molecule has 11 heteroatoms. The van der Waals surface area contributed by atoms with E-state index in [1.807, 2.05) is 24.4 Å². The number of aromatic nitrogens is 2. The van der Waals surface area contributed by atoms with E-state index >= 15 is 0 Å². The van der Waals surface area contributed by atoms with Gasteiger partial charge in [-0.3, -0.25) is 8.97 Å². The summed E-state index contributed by atoms with van der Waals surface area (Å²) in [5, 5.41) is 8.65. The van der Waals surface area contributed by atoms with Gasteiger partial charge in [0, 0.05) is 37.5 Å². The smallest absolute Gasteiger partial charge is 0.418 e. The number of hydrogen-bond acceptors (Lipinski definition) is 5. The quantitative estimate of drug-likeness (QED) is 0.404. The van der Waals surface area contributed by atoms with E-state index in [1.54, 1.807) is 6.07 Å². The van der Waals surface area contributed by atoms with Gasteiger partial charge in [0.2, 0.25) is 0 Å². The number of alkyl halides is 3. The van der Waals surface area contributed by atoms with Crippen LogP contribution in [0.15, 0.2) is 57.7 Å². The molecule has 1 fully saturated rings. The van der Waals surface area contributed by atoms with Crippen molar-refractivity contribution in [2.45, 2.75) is 51.2 Å². The van der Waals surface area contributed by atoms with Crippen molar-refractivity contribution in [2.24, 2.45) is 22.0 Å². The van der Waals surface area contributed by atoms with Gasteiger partial charge in [-0.15, -0.1) is 0 Å². The molecule has 1 unspecified atom stereocenters. The SMILES string of the molecule is COC(=O)N(C)Cc1cc(C(F)(F)F)c2cn(-c3cccc([C@H](C4=NN=CCC4C)C4CCC4)c3)c(=O)n2c1. The molecule has 2 aromatic heterocycles. The molecule has 1 aliphatic heterocycles. The van der Waals surface area contributed by atoms with Gasteiger partial charge >= 0.3 is 18.0 Å². The molecule has 1 aliphatic carbocycles. The third-order valence-corrected chi connectivity index (χ3v) is 7.70. The van der Waals surface area contributed by atoms with Crippen LogP contribution < -0.4 is 5.69 Å². The summed E-state index contributed by atoms with van der Waals surface area (Å²) >= 11 is 0. The van der Waals surface area contributed by atoms with Crippen LogP contribution in [0, 0.1) is 11.8 Å². The van der Waals surface area contributed by atoms with Crippen molar-refractivity contribution in [1.29, 1.82) is 0 Å². The normalized spacial score (nSPS) is 18.5. The highest BCUT2D eigenvalue weighted by Gasteiger charge is 2.36. The van der Waals surface area contributed by atoms with Crippen molar-refractivity contribution in [2.75, 3.05) is 14.2 Å². The highest BCUT2D eigenvalue weighted by Crippen LogP contribution is 2.43. The van der Waals surface area contributed by atoms with E-state index in [9.17, 15) is 22.8 Å². The second kappa shape index (κ2) is 10.3. The van der Waals surface area contributed by atoms with Gasteiger partial charge in [0.25, 0.3) is 0 Å². The van der Waals surface area contributed by atoms with Crippen LogP contribution in [0.3, 0.4) is 0 Å². The maximum Gasteiger partial charge on any atom is 0.418 e. The van der Waals surface area contributed by atoms with Crippen LogP contribution in [0.5, 0.6) is 0 Å². The minimum absolute atomic E-state index is 0.0325. The van der Waals surface area contributed by atoms with E-state index in [2.05, 4.69) is 21.9 Å². The number of pyridine rings is 1. The molecule has 2 atom stereocenters. The molecule has 3 heterocycles. The molecule has 1 aromatic carbocycles. The van der Waals surface area contributed by atoms with Gasteiger partial charge in [0.05, 0.1) is 36.1 Å². The topological polar surface area (TPSA) is 80.7 Å². The summed E-state index contributed by atoms with van der Waals surface area (Å²) in [6.45, 7) is 1.96. The van der Waals surface area contributed by atoms with Gasteiger partial charge in [-0.2, -0.15) is 23.4 Å². The third kappa shape index (κ3) is 5.09. The van der Waals surface area contributed by atoms with Crippen molar-refractivity contribution in [3.63, 3.8) is 0 Å². The van der Waals surface area contributed by atoms with Crippen LogP contribution in [0.25, 0.3) is 11.2 Å². The molecule has 5 rings (SSSR count). The Bertz CT molecular complexity index is 1520. The minimum atomic E-state index is -4.71. The maximum absolute atomic E-state index is 14.1. The molecular weight excluding hydrogens is 511 g/mol. The predicted octanol–water partition coefficient (Wildman–Crippen LogP) is 5.66. The lowest BCUT2D eigenvalue weighted by Crippen LogP contribution is -2.32. The van der Waals surface area contributed by atoms with Gasteiger partial charge in [0.1, 0.15) is 0 Å². The lowest BCUT2D eigenvalue weighted by molar-refractivity contribution is -0.136. The Morgan fingerprint density at radius 1 is 1.23 bits per heavy atom. The lowest BCUT2D eigenvalue weighted by atomic mass is 9.68. The molecule has 1 amide bonds. The average molecular weight is 542 g/mol. The fourth-order valence-electron chi connectivity index (χ4n) is 5.46. The first-order valence-corrected chi connectivity index (χ1v) is 12.9. The molecule has 1 saturated carbocycles. The Hall–Kier alpha value is -3.89. The van der Waals surface area contributed by atoms with Crippen LogP contribution in [0.2, 0.25) is 0 Å². The molecule has 206 valence electrons. The lowest BCUT2D eigenvalue weighted by Gasteiger charge is -2.37. The van der Waals surface area contributed by atoms with Gasteiger partial charge in [0.15, 0.2) is 0 Å². The first-order chi connectivity index (χ1) is 18.6. The molecule has 0 bridgehead atoms. The summed E-state index contributed by atoms with van der Waals surface area (Å²) in [4.78, 5) is 26.4. The molecule has 3 aromatic rings. The largest absolute Gasteiger partial charge is 0.453 e. The summed E-state index contributed by atoms with van der Waals surface area (Å²) in [5.74, 6) is 0.670. The van der Waals surface area contributed by atoms with Crippen LogP contribution in [-0.4, -0.2) is 46.0 Å². The van der Waals surface area contributed by atoms with E-state index in [0.29, 0.717) is 11.6 Å². The highest BCUT2D eigenvalue weighted by atomic mass is 19.4. The number of benzene rings is 1. The molecule has 2 aliphatic rings. The number of rotatable bonds is 6. The Morgan fingerprint density at radius 2 is 2.00 bits per heavy atom. The van der Waals surface area contributed by atoms with Crippen LogP contribution in [0.4, 0.5) is 18.0 Å². The van der Waals surface area contributed by atoms with Gasteiger partial charge in [-0.25, -0.2) is 9.59 Å². The first-order valence-electron chi connectivity index (χ1n) is 12.9. The van der Waals surface area contributed by atoms with Crippen LogP contribution in [0.1, 0.15) is 55.2 Å². The monoisotopic (exact) mass is 541 g/mol. The Labute approximate surface area is 223 Å². The fourth-order valence-corrected chi connectivity index (χ4v) is 5.46. The molecule has 0 N–H and O–H groups in total. The summed E-state index contributed by atoms with van der Waals surface area (Å²) in [7, 11) is 2.59. The van der Waals surface area contributed by atoms with Crippen LogP contribution >= 0.6 is 0 Å². The molecule has 0 radical (unpaired) electrons. The summed E-state index contributed by atoms with van der Waals surface area (Å²) < 4.78 is 49.2. The van der Waals surface area contributed by atoms with E-state index < -0.39 is 23.5 Å². The summed E-state index contributed by atoms with van der Waals surface area (Å²) in [6.07, 6.45) is 3.04. The van der Waals surface area contributed by atoms with Gasteiger partial charge in [-0.1, -0.05) is 25.5 Å². The Morgan fingerprint density at radius 3 is 2.64 bits per heavy atom. The average Bonchev–Trinajstić information content (AvgIpc) is 3.21. The number of ether oxygens (including phenoxy) is 1. The predicted molar refractivity (Wildman–Crippen MR) is 142 cm³/mol. The molecule has 39 heavy (non-hydrogen) atoms. The van der Waals surface area contributed by atoms with Crippen molar-refractivity contribution < 1.29 is 22.7 Å². The molecule has 0 spiro atoms. The first kappa shape index (κ1) is 26.7. The molecule has 8 nitrogen and oxygen atoms in total. The van der Waals surface area contributed by atoms with Gasteiger partial charge < -0.3 is 9.64 Å². The van der Waals surface area contributed by atoms with E-state index in [-0.39, 0.29) is 29.5 Å². The highest BCUT2D eigenvalue weighted by molar-refractivity contribution is 5.96. The van der Waals surface area contributed by atoms with Crippen molar-refractivity contribution >= 4 is 23.5 Å². The zero-order valence-corrected chi connectivity index (χ0v) is 22.0. The van der Waals surface area contributed by atoms with Crippen molar-refractivity contribution in [1.82, 2.24) is 13.9 Å². The minimum Gasteiger partial charge on any atom is -0.453 e. The fraction of sp³-hybridized carbons (Fsp3) is 0.429. The number of imidazole rings is 1. The van der Waals surface area contributed by atoms with Crippen LogP contribution in [-0.2, 0) is 17.5 Å². The standard InChI is InChI=1S/C28H30F3N5O3/c1-17-10-11-32-33-25(17)24(19-6-4-7-19)20-8-5-9-21(13-20)35-16-23-22(28(29,30)31)12-18(15-36(23)26(35)37)14-34(2)27(38)39-3/h5,8-9,11-13,15-17,19,24H,4,6-7,10,14H2,1-3H3/t17?,24-/m1/s1. The third-order valence-electron chi connectivity index (χ3n) is 7.70. The van der Waals surface area contributed by atoms with E-state index in [4.69, 9.17) is 0 Å². The van der Waals surface area contributed by atoms with Gasteiger partial charge in [-0.05, 0) is 54.5 Å². The summed E-state index contributed by atoms with van der Waals surface area (Å²) in [6, 6.07) is 8.36. The zero-order valence-electron chi connectivity index (χ0n) is 22.0. The number of carbonyl (C=O) groups excluding carboxylic acids is 1. The number of carbonyl (C=O) groups is 1. The molecular formula is C28H30F3N5O3. The second-order valence-electron chi connectivity index (χ2n) is 10.3. The number of halogens is 3. The van der Waals surface area contributed by atoms with E-state index in [1.165, 1.54) is 31.1 Å². The number of nitrogens with zero attached hydrogens (tertiary/aromatic N) is 5. The molecule has 0 saturated heterocycles. The Kier molecular flexibility index (Phi) is 7.09. The number of amides is 1. The Balaban J connectivity index is 1.60. The maximum atomic E-state index is 14.1. The summed E-state index contributed by atoms with van der Waals surface area (Å²) in [5.41, 5.74) is 0.735. The van der Waals surface area contributed by atoms with Crippen molar-refractivity contribution in [3.05, 3.63) is 69.9 Å². The number of fused-ring (bicyclic) bond motifs is 1. The number of hydrogen-bond donors (Lipinski definition) is 0. The van der Waals surface area contributed by atoms with E-state index in [0.717, 1.165) is 52.3 Å². The zero-order chi connectivity index (χ0) is 27.9.